The van der Waals surface area contributed by atoms with Gasteiger partial charge in [0.2, 0.25) is 0 Å². The summed E-state index contributed by atoms with van der Waals surface area (Å²) in [7, 11) is 0. The lowest BCUT2D eigenvalue weighted by atomic mass is 9.84. The molecule has 13 N–H and O–H groups in total. The van der Waals surface area contributed by atoms with Gasteiger partial charge >= 0.3 is 0 Å². The Hall–Kier alpha value is -0.560. The molecule has 2 aliphatic heterocycles. The molecule has 14 heteroatoms. The number of ether oxygens (including phenoxy) is 4. The summed E-state index contributed by atoms with van der Waals surface area (Å²) in [5, 5.41) is 71.1. The summed E-state index contributed by atoms with van der Waals surface area (Å²) in [5.41, 5.74) is 18.0. The van der Waals surface area contributed by atoms with E-state index in [1.54, 1.807) is 6.92 Å². The van der Waals surface area contributed by atoms with Crippen LogP contribution in [0.1, 0.15) is 19.8 Å². The lowest BCUT2D eigenvalue weighted by molar-refractivity contribution is -0.333. The molecule has 6 unspecified atom stereocenters. The topological polar surface area (TPSA) is 257 Å². The van der Waals surface area contributed by atoms with Gasteiger partial charge in [-0.15, -0.1) is 0 Å². The molecule has 33 heavy (non-hydrogen) atoms. The molecule has 0 aromatic rings. The molecular weight excluding hydrogens is 446 g/mol. The summed E-state index contributed by atoms with van der Waals surface area (Å²) in [6.45, 7) is 1.14. The van der Waals surface area contributed by atoms with Crippen molar-refractivity contribution < 1.29 is 54.7 Å². The van der Waals surface area contributed by atoms with E-state index in [1.165, 1.54) is 0 Å². The Morgan fingerprint density at radius 3 is 1.73 bits per heavy atom. The van der Waals surface area contributed by atoms with Crippen molar-refractivity contribution in [1.82, 2.24) is 0 Å². The maximum Gasteiger partial charge on any atom is 0.187 e. The van der Waals surface area contributed by atoms with Gasteiger partial charge in [-0.3, -0.25) is 0 Å². The zero-order valence-electron chi connectivity index (χ0n) is 18.3. The zero-order chi connectivity index (χ0) is 24.6. The molecule has 14 nitrogen and oxygen atoms in total. The van der Waals surface area contributed by atoms with Gasteiger partial charge in [0.1, 0.15) is 54.9 Å². The molecule has 0 spiro atoms. The molecule has 1 saturated carbocycles. The van der Waals surface area contributed by atoms with E-state index in [9.17, 15) is 35.7 Å². The summed E-state index contributed by atoms with van der Waals surface area (Å²) in [4.78, 5) is 0. The van der Waals surface area contributed by atoms with Crippen molar-refractivity contribution in [2.75, 3.05) is 6.61 Å². The van der Waals surface area contributed by atoms with Crippen molar-refractivity contribution in [2.45, 2.75) is 112 Å². The lowest BCUT2D eigenvalue weighted by Gasteiger charge is -2.48. The summed E-state index contributed by atoms with van der Waals surface area (Å²) in [5.74, 6) is 0. The average Bonchev–Trinajstić information content (AvgIpc) is 2.79. The summed E-state index contributed by atoms with van der Waals surface area (Å²) < 4.78 is 22.4. The van der Waals surface area contributed by atoms with Crippen molar-refractivity contribution in [3.05, 3.63) is 0 Å². The molecule has 3 aliphatic rings. The quantitative estimate of drug-likeness (QED) is 0.169. The van der Waals surface area contributed by atoms with Crippen LogP contribution in [0.2, 0.25) is 0 Å². The number of aliphatic hydroxyl groups excluding tert-OH is 7. The molecule has 0 amide bonds. The molecule has 3 rings (SSSR count). The molecule has 0 radical (unpaired) electrons. The Bertz CT molecular complexity index is 582. The second-order valence-corrected chi connectivity index (χ2v) is 8.96. The van der Waals surface area contributed by atoms with Gasteiger partial charge in [-0.05, 0) is 12.8 Å². The Morgan fingerprint density at radius 1 is 0.697 bits per heavy atom. The third-order valence-corrected chi connectivity index (χ3v) is 6.65. The van der Waals surface area contributed by atoms with Gasteiger partial charge in [-0.2, -0.15) is 0 Å². The van der Waals surface area contributed by atoms with E-state index in [-0.39, 0.29) is 6.42 Å². The number of rotatable bonds is 6. The minimum absolute atomic E-state index is 0.110. The highest BCUT2D eigenvalue weighted by Gasteiger charge is 2.51. The van der Waals surface area contributed by atoms with Crippen LogP contribution in [0.25, 0.3) is 0 Å². The molecule has 0 bridgehead atoms. The fourth-order valence-electron chi connectivity index (χ4n) is 4.54. The summed E-state index contributed by atoms with van der Waals surface area (Å²) >= 11 is 0. The van der Waals surface area contributed by atoms with Gasteiger partial charge < -0.3 is 71.9 Å². The lowest BCUT2D eigenvalue weighted by Crippen LogP contribution is -2.68. The number of hydrogen-bond acceptors (Lipinski definition) is 14. The first-order valence-corrected chi connectivity index (χ1v) is 11.1. The van der Waals surface area contributed by atoms with E-state index in [0.29, 0.717) is 6.42 Å². The Morgan fingerprint density at radius 2 is 1.21 bits per heavy atom. The molecule has 3 fully saturated rings. The van der Waals surface area contributed by atoms with E-state index in [0.717, 1.165) is 0 Å². The molecular formula is C19H37N3O11. The van der Waals surface area contributed by atoms with Crippen LogP contribution < -0.4 is 17.2 Å². The molecule has 194 valence electrons. The van der Waals surface area contributed by atoms with Crippen LogP contribution in [-0.4, -0.2) is 134 Å². The first-order chi connectivity index (χ1) is 15.5. The fraction of sp³-hybridized carbons (Fsp3) is 1.00. The number of hydrogen-bond donors (Lipinski definition) is 10. The standard InChI is InChI=1S/C19H37N3O11/c1-2-7-11(25)13(27)14(28)19(30-7)33-17-6(21)3-5(20)16(15(17)29)32-18-12(26)9(22)10(24)8(4-23)31-18/h5-19,23-29H,2-4,20-22H2,1H3/t5-,6+,7-,8?,9+,10-,11-,12?,13?,14?,15?,16+,17?,18-,19+/m1/s1. The highest BCUT2D eigenvalue weighted by molar-refractivity contribution is 5.01. The van der Waals surface area contributed by atoms with Crippen molar-refractivity contribution >= 4 is 0 Å². The van der Waals surface area contributed by atoms with Crippen molar-refractivity contribution in [2.24, 2.45) is 17.2 Å². The van der Waals surface area contributed by atoms with Crippen LogP contribution in [0.4, 0.5) is 0 Å². The van der Waals surface area contributed by atoms with Gasteiger partial charge in [-0.1, -0.05) is 6.92 Å². The van der Waals surface area contributed by atoms with Crippen LogP contribution in [0, 0.1) is 0 Å². The SMILES string of the molecule is CC[C@H]1O[C@@H](OC2C(O)[C@@H](O[C@H]3OC(CO)[C@@H](O)[C@H](N)C3O)[C@H](N)C[C@@H]2N)C(O)C(O)[C@@H]1O. The van der Waals surface area contributed by atoms with E-state index >= 15 is 0 Å². The largest absolute Gasteiger partial charge is 0.394 e. The van der Waals surface area contributed by atoms with Gasteiger partial charge in [0, 0.05) is 12.1 Å². The summed E-state index contributed by atoms with van der Waals surface area (Å²) in [6, 6.07) is -2.80. The molecule has 0 aromatic carbocycles. The Kier molecular flexibility index (Phi) is 9.02. The maximum absolute atomic E-state index is 11.0. The number of aliphatic hydroxyl groups is 7. The first-order valence-electron chi connectivity index (χ1n) is 11.1. The highest BCUT2D eigenvalue weighted by atomic mass is 16.7. The average molecular weight is 484 g/mol. The minimum Gasteiger partial charge on any atom is -0.394 e. The smallest absolute Gasteiger partial charge is 0.187 e. The van der Waals surface area contributed by atoms with Gasteiger partial charge in [0.25, 0.3) is 0 Å². The van der Waals surface area contributed by atoms with Gasteiger partial charge in [0.05, 0.1) is 18.8 Å². The minimum atomic E-state index is -1.61. The van der Waals surface area contributed by atoms with Gasteiger partial charge in [-0.25, -0.2) is 0 Å². The van der Waals surface area contributed by atoms with Crippen LogP contribution in [0.3, 0.4) is 0 Å². The molecule has 0 aromatic heterocycles. The van der Waals surface area contributed by atoms with Crippen LogP contribution >= 0.6 is 0 Å². The molecule has 2 saturated heterocycles. The monoisotopic (exact) mass is 483 g/mol. The predicted molar refractivity (Wildman–Crippen MR) is 109 cm³/mol. The number of nitrogens with two attached hydrogens (primary N) is 3. The van der Waals surface area contributed by atoms with Crippen molar-refractivity contribution in [3.8, 4) is 0 Å². The van der Waals surface area contributed by atoms with E-state index in [2.05, 4.69) is 0 Å². The second kappa shape index (κ2) is 11.0. The van der Waals surface area contributed by atoms with Crippen LogP contribution in [0.5, 0.6) is 0 Å². The Labute approximate surface area is 190 Å². The van der Waals surface area contributed by atoms with Gasteiger partial charge in [0.15, 0.2) is 12.6 Å². The normalized spacial score (nSPS) is 53.7. The van der Waals surface area contributed by atoms with Crippen LogP contribution in [-0.2, 0) is 18.9 Å². The molecule has 1 aliphatic carbocycles. The predicted octanol–water partition coefficient (Wildman–Crippen LogP) is -5.84. The zero-order valence-corrected chi connectivity index (χ0v) is 18.3. The fourth-order valence-corrected chi connectivity index (χ4v) is 4.54. The first kappa shape index (κ1) is 27.0. The molecule has 2 heterocycles. The van der Waals surface area contributed by atoms with E-state index < -0.39 is 98.4 Å². The highest BCUT2D eigenvalue weighted by Crippen LogP contribution is 2.31. The third kappa shape index (κ3) is 5.34. The van der Waals surface area contributed by atoms with Crippen molar-refractivity contribution in [3.63, 3.8) is 0 Å². The third-order valence-electron chi connectivity index (χ3n) is 6.65. The van der Waals surface area contributed by atoms with Crippen molar-refractivity contribution in [1.29, 1.82) is 0 Å². The second-order valence-electron chi connectivity index (χ2n) is 8.96. The van der Waals surface area contributed by atoms with E-state index in [1.807, 2.05) is 0 Å². The maximum atomic E-state index is 11.0. The van der Waals surface area contributed by atoms with E-state index in [4.69, 9.17) is 36.1 Å². The molecule has 15 atom stereocenters. The Balaban J connectivity index is 1.72. The van der Waals surface area contributed by atoms with Crippen LogP contribution in [0.15, 0.2) is 0 Å². The summed E-state index contributed by atoms with van der Waals surface area (Å²) in [6.07, 6.45) is -15.4.